The van der Waals surface area contributed by atoms with Crippen molar-refractivity contribution >= 4 is 17.6 Å². The topological polar surface area (TPSA) is 98.9 Å². The number of ether oxygens (including phenoxy) is 2. The van der Waals surface area contributed by atoms with Crippen LogP contribution in [0, 0.1) is 0 Å². The van der Waals surface area contributed by atoms with Crippen molar-refractivity contribution in [3.8, 4) is 0 Å². The minimum atomic E-state index is -0.434. The van der Waals surface area contributed by atoms with E-state index in [1.54, 1.807) is 0 Å². The maximum absolute atomic E-state index is 11.6. The number of carbonyl (C=O) groups excluding carboxylic acids is 3. The molecule has 0 radical (unpaired) electrons. The van der Waals surface area contributed by atoms with Crippen LogP contribution in [0.15, 0.2) is 12.2 Å². The number of hydrogen-bond acceptors (Lipinski definition) is 6. The molecule has 1 aliphatic heterocycles. The molecule has 0 atom stereocenters. The number of nitrogens with zero attached hydrogens (tertiary/aromatic N) is 1. The van der Waals surface area contributed by atoms with Gasteiger partial charge in [0, 0.05) is 31.7 Å². The van der Waals surface area contributed by atoms with Crippen LogP contribution in [-0.2, 0) is 23.9 Å². The average molecular weight is 284 g/mol. The third-order valence-corrected chi connectivity index (χ3v) is 2.61. The summed E-state index contributed by atoms with van der Waals surface area (Å²) in [5, 5.41) is 0. The number of nitrogens with two attached hydrogens (primary N) is 1. The first-order valence-corrected chi connectivity index (χ1v) is 6.56. The van der Waals surface area contributed by atoms with E-state index < -0.39 is 11.8 Å². The fraction of sp³-hybridized carbons (Fsp3) is 0.615. The summed E-state index contributed by atoms with van der Waals surface area (Å²) in [7, 11) is 0. The predicted molar refractivity (Wildman–Crippen MR) is 70.8 cm³/mol. The minimum absolute atomic E-state index is 0.154. The second-order valence-corrected chi connectivity index (χ2v) is 4.25. The summed E-state index contributed by atoms with van der Waals surface area (Å²) in [6, 6.07) is 0. The Morgan fingerprint density at radius 2 is 1.65 bits per heavy atom. The van der Waals surface area contributed by atoms with E-state index in [4.69, 9.17) is 15.2 Å². The van der Waals surface area contributed by atoms with Crippen molar-refractivity contribution in [2.24, 2.45) is 5.73 Å². The van der Waals surface area contributed by atoms with Crippen LogP contribution in [0.25, 0.3) is 0 Å². The van der Waals surface area contributed by atoms with Gasteiger partial charge in [-0.1, -0.05) is 0 Å². The Morgan fingerprint density at radius 3 is 2.25 bits per heavy atom. The van der Waals surface area contributed by atoms with Crippen LogP contribution in [0.5, 0.6) is 0 Å². The monoisotopic (exact) mass is 284 g/mol. The Kier molecular flexibility index (Phi) is 7.71. The van der Waals surface area contributed by atoms with Crippen LogP contribution < -0.4 is 5.73 Å². The Labute approximate surface area is 117 Å². The molecule has 1 heterocycles. The van der Waals surface area contributed by atoms with Crippen molar-refractivity contribution in [1.82, 2.24) is 4.90 Å². The van der Waals surface area contributed by atoms with Crippen molar-refractivity contribution in [1.29, 1.82) is 0 Å². The maximum atomic E-state index is 11.6. The Bertz CT molecular complexity index is 363. The van der Waals surface area contributed by atoms with E-state index in [0.29, 0.717) is 39.4 Å². The van der Waals surface area contributed by atoms with Crippen molar-refractivity contribution < 1.29 is 23.9 Å². The largest absolute Gasteiger partial charge is 0.379 e. The first-order chi connectivity index (χ1) is 9.65. The number of carbonyl (C=O) groups is 3. The third-order valence-electron chi connectivity index (χ3n) is 2.61. The molecule has 0 saturated heterocycles. The second kappa shape index (κ2) is 9.35. The van der Waals surface area contributed by atoms with E-state index in [1.165, 1.54) is 12.2 Å². The van der Waals surface area contributed by atoms with Crippen molar-refractivity contribution in [2.75, 3.05) is 39.5 Å². The normalized spacial score (nSPS) is 14.3. The van der Waals surface area contributed by atoms with Gasteiger partial charge in [-0.3, -0.25) is 19.3 Å². The van der Waals surface area contributed by atoms with Gasteiger partial charge in [0.05, 0.1) is 26.4 Å². The third kappa shape index (κ3) is 6.05. The average Bonchev–Trinajstić information content (AvgIpc) is 2.73. The molecule has 7 nitrogen and oxygen atoms in total. The van der Waals surface area contributed by atoms with Crippen LogP contribution >= 0.6 is 0 Å². The summed E-state index contributed by atoms with van der Waals surface area (Å²) < 4.78 is 10.4. The quantitative estimate of drug-likeness (QED) is 0.396. The maximum Gasteiger partial charge on any atom is 0.254 e. The number of Topliss-reactive ketones (excluding diaryl/α,β-unsaturated/α-hetero) is 1. The molecule has 0 aromatic carbocycles. The highest BCUT2D eigenvalue weighted by Gasteiger charge is 2.25. The molecule has 0 spiro atoms. The molecule has 0 aromatic heterocycles. The summed E-state index contributed by atoms with van der Waals surface area (Å²) >= 11 is 0. The van der Waals surface area contributed by atoms with Gasteiger partial charge >= 0.3 is 0 Å². The van der Waals surface area contributed by atoms with Gasteiger partial charge in [-0.25, -0.2) is 0 Å². The number of ketones is 1. The van der Waals surface area contributed by atoms with Crippen molar-refractivity contribution in [3.63, 3.8) is 0 Å². The lowest BCUT2D eigenvalue weighted by atomic mass is 10.2. The summed E-state index contributed by atoms with van der Waals surface area (Å²) in [6.07, 6.45) is 3.17. The zero-order chi connectivity index (χ0) is 14.8. The molecule has 0 fully saturated rings. The molecule has 0 aromatic rings. The molecule has 2 amide bonds. The fourth-order valence-electron chi connectivity index (χ4n) is 1.62. The van der Waals surface area contributed by atoms with Crippen molar-refractivity contribution in [3.05, 3.63) is 12.2 Å². The molecular formula is C13H20N2O5. The van der Waals surface area contributed by atoms with Gasteiger partial charge in [-0.05, 0) is 6.42 Å². The minimum Gasteiger partial charge on any atom is -0.379 e. The van der Waals surface area contributed by atoms with Crippen LogP contribution in [0.1, 0.15) is 12.8 Å². The van der Waals surface area contributed by atoms with E-state index in [2.05, 4.69) is 0 Å². The van der Waals surface area contributed by atoms with Crippen LogP contribution in [0.2, 0.25) is 0 Å². The molecular weight excluding hydrogens is 264 g/mol. The molecule has 1 aliphatic rings. The van der Waals surface area contributed by atoms with Crippen molar-refractivity contribution in [2.45, 2.75) is 12.8 Å². The van der Waals surface area contributed by atoms with E-state index in [-0.39, 0.29) is 18.7 Å². The number of hydrogen-bond donors (Lipinski definition) is 1. The van der Waals surface area contributed by atoms with Gasteiger partial charge in [-0.15, -0.1) is 0 Å². The first kappa shape index (κ1) is 16.5. The Morgan fingerprint density at radius 1 is 1.05 bits per heavy atom. The van der Waals surface area contributed by atoms with E-state index >= 15 is 0 Å². The highest BCUT2D eigenvalue weighted by Crippen LogP contribution is 2.04. The summed E-state index contributed by atoms with van der Waals surface area (Å²) in [4.78, 5) is 35.0. The van der Waals surface area contributed by atoms with Crippen LogP contribution in [0.3, 0.4) is 0 Å². The Balaban J connectivity index is 2.01. The van der Waals surface area contributed by atoms with E-state index in [0.717, 1.165) is 4.90 Å². The Hall–Kier alpha value is -1.57. The van der Waals surface area contributed by atoms with Gasteiger partial charge in [0.2, 0.25) is 0 Å². The molecule has 0 unspecified atom stereocenters. The molecule has 20 heavy (non-hydrogen) atoms. The first-order valence-electron chi connectivity index (χ1n) is 6.56. The van der Waals surface area contributed by atoms with Crippen LogP contribution in [-0.4, -0.2) is 62.0 Å². The highest BCUT2D eigenvalue weighted by molar-refractivity contribution is 6.14. The van der Waals surface area contributed by atoms with Gasteiger partial charge in [0.1, 0.15) is 0 Å². The molecule has 1 rings (SSSR count). The second-order valence-electron chi connectivity index (χ2n) is 4.25. The summed E-state index contributed by atoms with van der Waals surface area (Å²) in [5.74, 6) is -1.02. The highest BCUT2D eigenvalue weighted by atomic mass is 16.5. The van der Waals surface area contributed by atoms with Gasteiger partial charge in [-0.2, -0.15) is 0 Å². The zero-order valence-electron chi connectivity index (χ0n) is 11.4. The standard InChI is InChI=1S/C13H20N2O5/c14-5-7-20-9-8-19-6-1-2-11(16)10-15-12(17)3-4-13(15)18/h3-4H,1-2,5-10,14H2. The summed E-state index contributed by atoms with van der Waals surface area (Å²) in [5.41, 5.74) is 5.25. The lowest BCUT2D eigenvalue weighted by molar-refractivity contribution is -0.140. The van der Waals surface area contributed by atoms with Gasteiger partial charge in [0.15, 0.2) is 5.78 Å². The summed E-state index contributed by atoms with van der Waals surface area (Å²) in [6.45, 7) is 2.21. The lowest BCUT2D eigenvalue weighted by Gasteiger charge is -2.12. The van der Waals surface area contributed by atoms with E-state index in [9.17, 15) is 14.4 Å². The molecule has 0 saturated carbocycles. The smallest absolute Gasteiger partial charge is 0.254 e. The fourth-order valence-corrected chi connectivity index (χ4v) is 1.62. The number of rotatable bonds is 11. The van der Waals surface area contributed by atoms with E-state index in [1.807, 2.05) is 0 Å². The zero-order valence-corrected chi connectivity index (χ0v) is 11.4. The van der Waals surface area contributed by atoms with Crippen LogP contribution in [0.4, 0.5) is 0 Å². The van der Waals surface area contributed by atoms with Gasteiger partial charge < -0.3 is 15.2 Å². The molecule has 2 N–H and O–H groups in total. The number of amides is 2. The molecule has 112 valence electrons. The predicted octanol–water partition coefficient (Wildman–Crippen LogP) is -0.747. The molecule has 0 bridgehead atoms. The molecule has 0 aliphatic carbocycles. The number of imide groups is 1. The SMILES string of the molecule is NCCOCCOCCCC(=O)CN1C(=O)C=CC1=O. The molecule has 7 heteroatoms. The van der Waals surface area contributed by atoms with Gasteiger partial charge in [0.25, 0.3) is 11.8 Å². The lowest BCUT2D eigenvalue weighted by Crippen LogP contribution is -2.35.